The molecule has 1 heterocycles. The Kier molecular flexibility index (Phi) is 3.41. The summed E-state index contributed by atoms with van der Waals surface area (Å²) in [6, 6.07) is 1.33. The summed E-state index contributed by atoms with van der Waals surface area (Å²) in [4.78, 5) is 3.68. The lowest BCUT2D eigenvalue weighted by Crippen LogP contribution is -2.26. The fraction of sp³-hybridized carbons (Fsp3) is 0.444. The zero-order valence-electron chi connectivity index (χ0n) is 8.46. The summed E-state index contributed by atoms with van der Waals surface area (Å²) in [5.41, 5.74) is 4.58. The second kappa shape index (κ2) is 4.39. The smallest absolute Gasteiger partial charge is 0.293 e. The van der Waals surface area contributed by atoms with E-state index >= 15 is 0 Å². The van der Waals surface area contributed by atoms with E-state index in [1.54, 1.807) is 0 Å². The van der Waals surface area contributed by atoms with Gasteiger partial charge >= 0.3 is 0 Å². The van der Waals surface area contributed by atoms with Gasteiger partial charge in [0, 0.05) is 6.20 Å². The molecule has 0 aromatic carbocycles. The Labute approximate surface area is 86.0 Å². The minimum atomic E-state index is -3.22. The number of hydrogen-bond donors (Lipinski definition) is 1. The summed E-state index contributed by atoms with van der Waals surface area (Å²) in [6.45, 7) is -0.828. The Morgan fingerprint density at radius 3 is 2.53 bits per heavy atom. The second-order valence-electron chi connectivity index (χ2n) is 2.81. The highest BCUT2D eigenvalue weighted by Gasteiger charge is 2.37. The fourth-order valence-corrected chi connectivity index (χ4v) is 1.19. The van der Waals surface area contributed by atoms with Crippen LogP contribution < -0.4 is 15.2 Å². The zero-order valence-corrected chi connectivity index (χ0v) is 8.46. The summed E-state index contributed by atoms with van der Waals surface area (Å²) in [7, 11) is 2.56. The van der Waals surface area contributed by atoms with E-state index < -0.39 is 18.0 Å². The lowest BCUT2D eigenvalue weighted by atomic mass is 10.1. The lowest BCUT2D eigenvalue weighted by molar-refractivity contribution is 0.000772. The highest BCUT2D eigenvalue weighted by atomic mass is 19.3. The maximum Gasteiger partial charge on any atom is 0.293 e. The van der Waals surface area contributed by atoms with Crippen molar-refractivity contribution in [1.29, 1.82) is 0 Å². The van der Waals surface area contributed by atoms with Crippen LogP contribution in [0.1, 0.15) is 5.56 Å². The summed E-state index contributed by atoms with van der Waals surface area (Å²) in [5.74, 6) is -3.38. The van der Waals surface area contributed by atoms with Crippen molar-refractivity contribution in [2.24, 2.45) is 5.73 Å². The van der Waals surface area contributed by atoms with Gasteiger partial charge in [0.15, 0.2) is 0 Å². The maximum atomic E-state index is 13.5. The molecule has 0 aliphatic carbocycles. The number of rotatable bonds is 4. The highest BCUT2D eigenvalue weighted by molar-refractivity contribution is 5.43. The standard InChI is InChI=1S/C9H12F2N2O2/c1-14-6-3-4-13-8(15-2)7(6)9(10,11)5-12/h3-4H,5,12H2,1-2H3. The molecule has 0 aliphatic heterocycles. The summed E-state index contributed by atoms with van der Waals surface area (Å²) in [5, 5.41) is 0. The molecule has 0 fully saturated rings. The van der Waals surface area contributed by atoms with Crippen molar-refractivity contribution in [3.8, 4) is 11.6 Å². The number of ether oxygens (including phenoxy) is 2. The van der Waals surface area contributed by atoms with E-state index in [1.807, 2.05) is 0 Å². The SMILES string of the molecule is COc1ccnc(OC)c1C(F)(F)CN. The van der Waals surface area contributed by atoms with Gasteiger partial charge in [0.25, 0.3) is 5.92 Å². The van der Waals surface area contributed by atoms with Crippen molar-refractivity contribution >= 4 is 0 Å². The van der Waals surface area contributed by atoms with Gasteiger partial charge < -0.3 is 15.2 Å². The quantitative estimate of drug-likeness (QED) is 0.823. The van der Waals surface area contributed by atoms with Crippen LogP contribution in [0.2, 0.25) is 0 Å². The average molecular weight is 218 g/mol. The van der Waals surface area contributed by atoms with Crippen LogP contribution in [-0.2, 0) is 5.92 Å². The number of nitrogens with zero attached hydrogens (tertiary/aromatic N) is 1. The monoisotopic (exact) mass is 218 g/mol. The molecule has 1 aromatic rings. The van der Waals surface area contributed by atoms with Gasteiger partial charge in [-0.3, -0.25) is 0 Å². The van der Waals surface area contributed by atoms with Gasteiger partial charge in [-0.05, 0) is 6.07 Å². The van der Waals surface area contributed by atoms with Crippen LogP contribution in [0.3, 0.4) is 0 Å². The number of methoxy groups -OCH3 is 2. The summed E-state index contributed by atoms with van der Waals surface area (Å²) < 4.78 is 36.5. The number of halogens is 2. The van der Waals surface area contributed by atoms with Crippen molar-refractivity contribution in [2.75, 3.05) is 20.8 Å². The third-order valence-corrected chi connectivity index (χ3v) is 1.91. The Hall–Kier alpha value is -1.43. The van der Waals surface area contributed by atoms with E-state index in [0.29, 0.717) is 0 Å². The molecule has 0 saturated heterocycles. The molecule has 0 saturated carbocycles. The number of hydrogen-bond acceptors (Lipinski definition) is 4. The first-order chi connectivity index (χ1) is 7.06. The van der Waals surface area contributed by atoms with Crippen LogP contribution in [0.15, 0.2) is 12.3 Å². The van der Waals surface area contributed by atoms with E-state index in [-0.39, 0.29) is 11.6 Å². The maximum absolute atomic E-state index is 13.5. The molecule has 0 atom stereocenters. The highest BCUT2D eigenvalue weighted by Crippen LogP contribution is 2.39. The molecule has 0 aliphatic rings. The van der Waals surface area contributed by atoms with Gasteiger partial charge in [0.2, 0.25) is 5.88 Å². The zero-order chi connectivity index (χ0) is 11.5. The molecule has 0 bridgehead atoms. The van der Waals surface area contributed by atoms with E-state index in [1.165, 1.54) is 26.5 Å². The normalized spacial score (nSPS) is 11.3. The molecular formula is C9H12F2N2O2. The van der Waals surface area contributed by atoms with E-state index in [0.717, 1.165) is 0 Å². The molecule has 1 rings (SSSR count). The molecule has 0 unspecified atom stereocenters. The largest absolute Gasteiger partial charge is 0.496 e. The molecule has 4 nitrogen and oxygen atoms in total. The Balaban J connectivity index is 3.34. The number of nitrogens with two attached hydrogens (primary N) is 1. The number of alkyl halides is 2. The molecule has 1 aromatic heterocycles. The molecule has 15 heavy (non-hydrogen) atoms. The van der Waals surface area contributed by atoms with E-state index in [9.17, 15) is 8.78 Å². The van der Waals surface area contributed by atoms with Gasteiger partial charge in [-0.1, -0.05) is 0 Å². The minimum Gasteiger partial charge on any atom is -0.496 e. The molecule has 6 heteroatoms. The van der Waals surface area contributed by atoms with E-state index in [2.05, 4.69) is 4.98 Å². The average Bonchev–Trinajstić information content (AvgIpc) is 2.27. The predicted molar refractivity (Wildman–Crippen MR) is 50.3 cm³/mol. The molecule has 2 N–H and O–H groups in total. The van der Waals surface area contributed by atoms with Gasteiger partial charge in [-0.15, -0.1) is 0 Å². The van der Waals surface area contributed by atoms with Crippen LogP contribution in [0, 0.1) is 0 Å². The van der Waals surface area contributed by atoms with E-state index in [4.69, 9.17) is 15.2 Å². The molecule has 0 radical (unpaired) electrons. The minimum absolute atomic E-state index is 0.0114. The summed E-state index contributed by atoms with van der Waals surface area (Å²) in [6.07, 6.45) is 1.33. The first-order valence-corrected chi connectivity index (χ1v) is 4.22. The predicted octanol–water partition coefficient (Wildman–Crippen LogP) is 1.15. The van der Waals surface area contributed by atoms with Crippen LogP contribution in [-0.4, -0.2) is 25.7 Å². The Morgan fingerprint density at radius 1 is 1.40 bits per heavy atom. The van der Waals surface area contributed by atoms with Crippen LogP contribution in [0.4, 0.5) is 8.78 Å². The van der Waals surface area contributed by atoms with Crippen molar-refractivity contribution < 1.29 is 18.3 Å². The van der Waals surface area contributed by atoms with Crippen molar-refractivity contribution in [1.82, 2.24) is 4.98 Å². The van der Waals surface area contributed by atoms with Crippen LogP contribution >= 0.6 is 0 Å². The molecule has 84 valence electrons. The van der Waals surface area contributed by atoms with Gasteiger partial charge in [0.1, 0.15) is 11.3 Å². The first-order valence-electron chi connectivity index (χ1n) is 4.22. The lowest BCUT2D eigenvalue weighted by Gasteiger charge is -2.19. The molecular weight excluding hydrogens is 206 g/mol. The summed E-state index contributed by atoms with van der Waals surface area (Å²) >= 11 is 0. The number of pyridine rings is 1. The third kappa shape index (κ3) is 2.15. The fourth-order valence-electron chi connectivity index (χ4n) is 1.19. The second-order valence-corrected chi connectivity index (χ2v) is 2.81. The van der Waals surface area contributed by atoms with Gasteiger partial charge in [0.05, 0.1) is 20.8 Å². The first kappa shape index (κ1) is 11.6. The third-order valence-electron chi connectivity index (χ3n) is 1.91. The van der Waals surface area contributed by atoms with Crippen LogP contribution in [0.5, 0.6) is 11.6 Å². The molecule has 0 amide bonds. The molecule has 0 spiro atoms. The topological polar surface area (TPSA) is 57.4 Å². The van der Waals surface area contributed by atoms with Crippen LogP contribution in [0.25, 0.3) is 0 Å². The number of aromatic nitrogens is 1. The Morgan fingerprint density at radius 2 is 2.07 bits per heavy atom. The van der Waals surface area contributed by atoms with Crippen molar-refractivity contribution in [3.63, 3.8) is 0 Å². The van der Waals surface area contributed by atoms with Gasteiger partial charge in [-0.25, -0.2) is 4.98 Å². The van der Waals surface area contributed by atoms with Crippen molar-refractivity contribution in [2.45, 2.75) is 5.92 Å². The van der Waals surface area contributed by atoms with Gasteiger partial charge in [-0.2, -0.15) is 8.78 Å². The Bertz CT molecular complexity index is 323. The van der Waals surface area contributed by atoms with Crippen molar-refractivity contribution in [3.05, 3.63) is 17.8 Å².